The lowest BCUT2D eigenvalue weighted by Gasteiger charge is -2.03. The zero-order valence-electron chi connectivity index (χ0n) is 11.1. The van der Waals surface area contributed by atoms with Gasteiger partial charge >= 0.3 is 5.97 Å². The Morgan fingerprint density at radius 1 is 1.05 bits per heavy atom. The van der Waals surface area contributed by atoms with Crippen LogP contribution in [-0.2, 0) is 4.79 Å². The summed E-state index contributed by atoms with van der Waals surface area (Å²) in [7, 11) is 0. The number of carboxylic acids is 1. The minimum Gasteiger partial charge on any atom is -0.478 e. The van der Waals surface area contributed by atoms with Gasteiger partial charge in [-0.2, -0.15) is 0 Å². The van der Waals surface area contributed by atoms with Gasteiger partial charge in [0.25, 0.3) is 0 Å². The molecule has 0 unspecified atom stereocenters. The molecule has 2 rings (SSSR count). The van der Waals surface area contributed by atoms with Gasteiger partial charge in [-0.15, -0.1) is 0 Å². The van der Waals surface area contributed by atoms with Crippen molar-refractivity contribution in [2.75, 3.05) is 0 Å². The number of hydrogen-bond acceptors (Lipinski definition) is 1. The highest BCUT2D eigenvalue weighted by Crippen LogP contribution is 2.22. The number of halogens is 1. The Hall–Kier alpha value is -2.06. The van der Waals surface area contributed by atoms with Crippen molar-refractivity contribution in [1.82, 2.24) is 0 Å². The third-order valence-corrected chi connectivity index (χ3v) is 3.34. The van der Waals surface area contributed by atoms with E-state index >= 15 is 0 Å². The highest BCUT2D eigenvalue weighted by molar-refractivity contribution is 6.30. The average Bonchev–Trinajstić information content (AvgIpc) is 2.46. The molecule has 0 aliphatic heterocycles. The predicted octanol–water partition coefficient (Wildman–Crippen LogP) is 4.89. The molecule has 0 fully saturated rings. The first-order chi connectivity index (χ1) is 9.60. The lowest BCUT2D eigenvalue weighted by atomic mass is 10.0. The zero-order chi connectivity index (χ0) is 14.5. The average molecular weight is 287 g/mol. The van der Waals surface area contributed by atoms with E-state index in [2.05, 4.69) is 0 Å². The Morgan fingerprint density at radius 2 is 1.55 bits per heavy atom. The highest BCUT2D eigenvalue weighted by atomic mass is 35.5. The summed E-state index contributed by atoms with van der Waals surface area (Å²) >= 11 is 5.86. The summed E-state index contributed by atoms with van der Waals surface area (Å²) in [6, 6.07) is 15.4. The third kappa shape index (κ3) is 3.49. The van der Waals surface area contributed by atoms with Gasteiger partial charge in [0.15, 0.2) is 0 Å². The van der Waals surface area contributed by atoms with Gasteiger partial charge in [-0.3, -0.25) is 0 Å². The zero-order valence-corrected chi connectivity index (χ0v) is 11.9. The fraction of sp³-hybridized carbons (Fsp3) is 0.118. The number of benzene rings is 2. The molecule has 2 aromatic rings. The van der Waals surface area contributed by atoms with Crippen LogP contribution in [0.4, 0.5) is 0 Å². The van der Waals surface area contributed by atoms with E-state index in [1.54, 1.807) is 6.08 Å². The molecule has 0 amide bonds. The van der Waals surface area contributed by atoms with Crippen LogP contribution < -0.4 is 0 Å². The topological polar surface area (TPSA) is 37.3 Å². The molecule has 0 saturated carbocycles. The van der Waals surface area contributed by atoms with Crippen LogP contribution >= 0.6 is 11.6 Å². The highest BCUT2D eigenvalue weighted by Gasteiger charge is 2.04. The number of aliphatic carboxylic acids is 1. The van der Waals surface area contributed by atoms with Crippen molar-refractivity contribution >= 4 is 23.6 Å². The maximum absolute atomic E-state index is 11.0. The minimum absolute atomic E-state index is 0.407. The molecular weight excluding hydrogens is 272 g/mol. The monoisotopic (exact) mass is 286 g/mol. The summed E-state index contributed by atoms with van der Waals surface area (Å²) in [6.07, 6.45) is 2.21. The quantitative estimate of drug-likeness (QED) is 0.813. The fourth-order valence-electron chi connectivity index (χ4n) is 1.93. The summed E-state index contributed by atoms with van der Waals surface area (Å²) in [5.74, 6) is -0.866. The summed E-state index contributed by atoms with van der Waals surface area (Å²) < 4.78 is 0. The Kier molecular flexibility index (Phi) is 4.59. The van der Waals surface area contributed by atoms with Crippen molar-refractivity contribution in [1.29, 1.82) is 0 Å². The molecule has 2 nitrogen and oxygen atoms in total. The van der Waals surface area contributed by atoms with E-state index in [1.165, 1.54) is 0 Å². The molecule has 1 N–H and O–H groups in total. The Bertz CT molecular complexity index is 625. The molecule has 0 atom stereocenters. The number of carboxylic acid groups (broad SMARTS) is 1. The van der Waals surface area contributed by atoms with E-state index in [9.17, 15) is 4.79 Å². The van der Waals surface area contributed by atoms with Crippen LogP contribution in [0.1, 0.15) is 18.9 Å². The first-order valence-corrected chi connectivity index (χ1v) is 6.78. The normalized spacial score (nSPS) is 11.4. The molecule has 0 aliphatic carbocycles. The van der Waals surface area contributed by atoms with E-state index < -0.39 is 5.97 Å². The molecule has 3 heteroatoms. The van der Waals surface area contributed by atoms with Crippen molar-refractivity contribution in [2.24, 2.45) is 0 Å². The van der Waals surface area contributed by atoms with Crippen molar-refractivity contribution in [2.45, 2.75) is 13.3 Å². The SMILES string of the molecule is CCC(=Cc1ccc(-c2ccc(Cl)cc2)cc1)C(=O)O. The van der Waals surface area contributed by atoms with Crippen LogP contribution in [-0.4, -0.2) is 11.1 Å². The standard InChI is InChI=1S/C17H15ClO2/c1-2-13(17(19)20)11-12-3-5-14(6-4-12)15-7-9-16(18)10-8-15/h3-11H,2H2,1H3,(H,19,20). The summed E-state index contributed by atoms with van der Waals surface area (Å²) in [6.45, 7) is 1.84. The molecule has 2 aromatic carbocycles. The van der Waals surface area contributed by atoms with Crippen molar-refractivity contribution < 1.29 is 9.90 Å². The van der Waals surface area contributed by atoms with Gasteiger partial charge in [0.05, 0.1) is 0 Å². The first kappa shape index (κ1) is 14.4. The molecule has 0 spiro atoms. The van der Waals surface area contributed by atoms with Gasteiger partial charge in [-0.05, 0) is 41.3 Å². The van der Waals surface area contributed by atoms with Gasteiger partial charge in [0, 0.05) is 10.6 Å². The van der Waals surface area contributed by atoms with E-state index in [0.717, 1.165) is 16.7 Å². The molecule has 0 radical (unpaired) electrons. The van der Waals surface area contributed by atoms with E-state index in [0.29, 0.717) is 17.0 Å². The maximum Gasteiger partial charge on any atom is 0.331 e. The smallest absolute Gasteiger partial charge is 0.331 e. The summed E-state index contributed by atoms with van der Waals surface area (Å²) in [5, 5.41) is 9.72. The number of rotatable bonds is 4. The second-order valence-electron chi connectivity index (χ2n) is 4.46. The third-order valence-electron chi connectivity index (χ3n) is 3.08. The van der Waals surface area contributed by atoms with Crippen LogP contribution in [0.3, 0.4) is 0 Å². The molecule has 20 heavy (non-hydrogen) atoms. The molecule has 0 heterocycles. The Labute approximate surface area is 123 Å². The largest absolute Gasteiger partial charge is 0.478 e. The molecular formula is C17H15ClO2. The molecule has 102 valence electrons. The number of hydrogen-bond donors (Lipinski definition) is 1. The van der Waals surface area contributed by atoms with Crippen LogP contribution in [0.25, 0.3) is 17.2 Å². The van der Waals surface area contributed by atoms with Crippen molar-refractivity contribution in [3.8, 4) is 11.1 Å². The first-order valence-electron chi connectivity index (χ1n) is 6.40. The van der Waals surface area contributed by atoms with Crippen LogP contribution in [0.15, 0.2) is 54.1 Å². The molecule has 0 aromatic heterocycles. The summed E-state index contributed by atoms with van der Waals surface area (Å²) in [4.78, 5) is 11.0. The van der Waals surface area contributed by atoms with E-state index in [1.807, 2.05) is 55.5 Å². The second kappa shape index (κ2) is 6.40. The minimum atomic E-state index is -0.866. The number of carbonyl (C=O) groups is 1. The van der Waals surface area contributed by atoms with Crippen LogP contribution in [0.2, 0.25) is 5.02 Å². The predicted molar refractivity (Wildman–Crippen MR) is 82.8 cm³/mol. The molecule has 0 bridgehead atoms. The van der Waals surface area contributed by atoms with Gasteiger partial charge in [0.2, 0.25) is 0 Å². The van der Waals surface area contributed by atoms with E-state index in [4.69, 9.17) is 16.7 Å². The Morgan fingerprint density at radius 3 is 2.00 bits per heavy atom. The lowest BCUT2D eigenvalue weighted by Crippen LogP contribution is -1.98. The van der Waals surface area contributed by atoms with E-state index in [-0.39, 0.29) is 0 Å². The maximum atomic E-state index is 11.0. The van der Waals surface area contributed by atoms with Gasteiger partial charge < -0.3 is 5.11 Å². The van der Waals surface area contributed by atoms with Gasteiger partial charge in [0.1, 0.15) is 0 Å². The van der Waals surface area contributed by atoms with Crippen LogP contribution in [0.5, 0.6) is 0 Å². The summed E-state index contributed by atoms with van der Waals surface area (Å²) in [5.41, 5.74) is 3.46. The van der Waals surface area contributed by atoms with Crippen molar-refractivity contribution in [3.63, 3.8) is 0 Å². The molecule has 0 aliphatic rings. The lowest BCUT2D eigenvalue weighted by molar-refractivity contribution is -0.132. The van der Waals surface area contributed by atoms with Gasteiger partial charge in [-0.25, -0.2) is 4.79 Å². The fourth-order valence-corrected chi connectivity index (χ4v) is 2.06. The molecule has 0 saturated heterocycles. The van der Waals surface area contributed by atoms with Crippen molar-refractivity contribution in [3.05, 3.63) is 64.7 Å². The van der Waals surface area contributed by atoms with Gasteiger partial charge in [-0.1, -0.05) is 54.9 Å². The van der Waals surface area contributed by atoms with Crippen LogP contribution in [0, 0.1) is 0 Å². The second-order valence-corrected chi connectivity index (χ2v) is 4.89. The Balaban J connectivity index is 2.26.